The molecule has 0 aliphatic heterocycles. The van der Waals surface area contributed by atoms with Crippen LogP contribution < -0.4 is 5.32 Å². The van der Waals surface area contributed by atoms with Crippen LogP contribution in [0.4, 0.5) is 0 Å². The summed E-state index contributed by atoms with van der Waals surface area (Å²) in [5.74, 6) is 1.13. The summed E-state index contributed by atoms with van der Waals surface area (Å²) in [6.45, 7) is 4.89. The van der Waals surface area contributed by atoms with Crippen molar-refractivity contribution in [3.63, 3.8) is 0 Å². The molecule has 1 aromatic rings. The van der Waals surface area contributed by atoms with Gasteiger partial charge in [-0.25, -0.2) is 0 Å². The van der Waals surface area contributed by atoms with Crippen LogP contribution in [0.3, 0.4) is 0 Å². The highest BCUT2D eigenvalue weighted by molar-refractivity contribution is 14.1. The molecule has 0 aromatic carbocycles. The van der Waals surface area contributed by atoms with Gasteiger partial charge in [0.1, 0.15) is 5.76 Å². The largest absolute Gasteiger partial charge is 0.467 e. The third kappa shape index (κ3) is 3.12. The molecule has 1 aliphatic carbocycles. The lowest BCUT2D eigenvalue weighted by molar-refractivity contribution is -0.117. The number of halogens is 1. The van der Waals surface area contributed by atoms with Crippen molar-refractivity contribution in [3.05, 3.63) is 33.4 Å². The molecule has 92 valence electrons. The summed E-state index contributed by atoms with van der Waals surface area (Å²) < 4.78 is 6.11. The molecule has 0 unspecified atom stereocenters. The van der Waals surface area contributed by atoms with Crippen LogP contribution >= 0.6 is 22.6 Å². The summed E-state index contributed by atoms with van der Waals surface area (Å²) in [6, 6.07) is 3.79. The highest BCUT2D eigenvalue weighted by Gasteiger charge is 2.31. The van der Waals surface area contributed by atoms with Crippen LogP contribution in [0.25, 0.3) is 0 Å². The Bertz CT molecular complexity index is 446. The maximum atomic E-state index is 11.9. The molecular formula is C13H16INO2. The van der Waals surface area contributed by atoms with Crippen molar-refractivity contribution in [3.8, 4) is 0 Å². The molecule has 17 heavy (non-hydrogen) atoms. The summed E-state index contributed by atoms with van der Waals surface area (Å²) in [6.07, 6.45) is 3.21. The van der Waals surface area contributed by atoms with E-state index >= 15 is 0 Å². The van der Waals surface area contributed by atoms with E-state index in [0.29, 0.717) is 13.0 Å². The van der Waals surface area contributed by atoms with Crippen molar-refractivity contribution in [2.75, 3.05) is 0 Å². The lowest BCUT2D eigenvalue weighted by Gasteiger charge is -2.30. The second-order valence-corrected chi connectivity index (χ2v) is 6.25. The first-order valence-corrected chi connectivity index (χ1v) is 6.74. The molecule has 0 amide bonds. The van der Waals surface area contributed by atoms with E-state index < -0.39 is 0 Å². The summed E-state index contributed by atoms with van der Waals surface area (Å²) in [5.41, 5.74) is 1.10. The van der Waals surface area contributed by atoms with E-state index in [1.165, 1.54) is 0 Å². The average Bonchev–Trinajstić information content (AvgIpc) is 2.73. The molecule has 0 saturated carbocycles. The number of rotatable bonds is 3. The summed E-state index contributed by atoms with van der Waals surface area (Å²) >= 11 is 2.14. The van der Waals surface area contributed by atoms with E-state index in [-0.39, 0.29) is 11.2 Å². The van der Waals surface area contributed by atoms with Gasteiger partial charge in [-0.3, -0.25) is 4.79 Å². The van der Waals surface area contributed by atoms with Crippen LogP contribution in [-0.2, 0) is 11.3 Å². The normalized spacial score (nSPS) is 19.6. The molecule has 0 spiro atoms. The Morgan fingerprint density at radius 2 is 2.24 bits per heavy atom. The van der Waals surface area contributed by atoms with Crippen molar-refractivity contribution in [1.82, 2.24) is 5.32 Å². The topological polar surface area (TPSA) is 42.2 Å². The number of furan rings is 1. The van der Waals surface area contributed by atoms with Crippen molar-refractivity contribution >= 4 is 28.4 Å². The highest BCUT2D eigenvalue weighted by atomic mass is 127. The maximum Gasteiger partial charge on any atom is 0.171 e. The first-order valence-electron chi connectivity index (χ1n) is 5.66. The molecule has 4 heteroatoms. The Hall–Kier alpha value is -0.780. The minimum atomic E-state index is 0.0528. The van der Waals surface area contributed by atoms with Crippen molar-refractivity contribution in [2.45, 2.75) is 33.2 Å². The third-order valence-corrected chi connectivity index (χ3v) is 4.11. The van der Waals surface area contributed by atoms with Gasteiger partial charge in [-0.2, -0.15) is 0 Å². The van der Waals surface area contributed by atoms with Gasteiger partial charge in [-0.15, -0.1) is 0 Å². The lowest BCUT2D eigenvalue weighted by atomic mass is 9.79. The van der Waals surface area contributed by atoms with E-state index in [1.54, 1.807) is 6.26 Å². The van der Waals surface area contributed by atoms with E-state index in [4.69, 9.17) is 4.42 Å². The Morgan fingerprint density at radius 1 is 1.47 bits per heavy atom. The molecule has 0 radical (unpaired) electrons. The molecule has 3 nitrogen and oxygen atoms in total. The van der Waals surface area contributed by atoms with Crippen molar-refractivity contribution in [1.29, 1.82) is 0 Å². The van der Waals surface area contributed by atoms with Gasteiger partial charge in [0, 0.05) is 12.1 Å². The quantitative estimate of drug-likeness (QED) is 0.854. The number of ketones is 1. The molecule has 0 saturated heterocycles. The zero-order valence-corrected chi connectivity index (χ0v) is 12.2. The number of Topliss-reactive ketones (excluding diaryl/α,β-unsaturated/α-hetero) is 1. The van der Waals surface area contributed by atoms with E-state index in [1.807, 2.05) is 12.1 Å². The molecular weight excluding hydrogens is 329 g/mol. The number of allylic oxidation sites excluding steroid dienone is 2. The predicted molar refractivity (Wildman–Crippen MR) is 74.6 cm³/mol. The van der Waals surface area contributed by atoms with Gasteiger partial charge in [-0.05, 0) is 46.6 Å². The Kier molecular flexibility index (Phi) is 3.61. The Labute approximate surface area is 115 Å². The molecule has 1 heterocycles. The number of nitrogens with one attached hydrogen (secondary N) is 1. The highest BCUT2D eigenvalue weighted by Crippen LogP contribution is 2.37. The van der Waals surface area contributed by atoms with E-state index in [0.717, 1.165) is 21.5 Å². The number of carbonyl (C=O) groups excluding carboxylic acids is 1. The average molecular weight is 345 g/mol. The predicted octanol–water partition coefficient (Wildman–Crippen LogP) is 3.40. The van der Waals surface area contributed by atoms with Gasteiger partial charge in [-0.1, -0.05) is 13.8 Å². The van der Waals surface area contributed by atoms with Gasteiger partial charge in [0.15, 0.2) is 5.78 Å². The fourth-order valence-electron chi connectivity index (χ4n) is 2.05. The number of hydrogen-bond donors (Lipinski definition) is 1. The SMILES string of the molecule is CC1(C)CC(=O)C(I)=C(NCc2ccco2)C1. The standard InChI is InChI=1S/C13H16INO2/c1-13(2)6-10(12(14)11(16)7-13)15-8-9-4-3-5-17-9/h3-5,15H,6-8H2,1-2H3. The van der Waals surface area contributed by atoms with Crippen LogP contribution in [0.5, 0.6) is 0 Å². The summed E-state index contributed by atoms with van der Waals surface area (Å²) in [7, 11) is 0. The first kappa shape index (κ1) is 12.7. The van der Waals surface area contributed by atoms with E-state index in [9.17, 15) is 4.79 Å². The fourth-order valence-corrected chi connectivity index (χ4v) is 2.62. The lowest BCUT2D eigenvalue weighted by Crippen LogP contribution is -2.29. The molecule has 2 rings (SSSR count). The molecule has 1 aliphatic rings. The third-order valence-electron chi connectivity index (χ3n) is 2.86. The Balaban J connectivity index is 2.08. The second-order valence-electron chi connectivity index (χ2n) is 5.17. The minimum absolute atomic E-state index is 0.0528. The summed E-state index contributed by atoms with van der Waals surface area (Å²) in [5, 5.41) is 3.32. The van der Waals surface area contributed by atoms with Gasteiger partial charge in [0.2, 0.25) is 0 Å². The zero-order valence-electron chi connectivity index (χ0n) is 10.0. The van der Waals surface area contributed by atoms with Gasteiger partial charge in [0.25, 0.3) is 0 Å². The number of hydrogen-bond acceptors (Lipinski definition) is 3. The summed E-state index contributed by atoms with van der Waals surface area (Å²) in [4.78, 5) is 11.9. The molecule has 1 aromatic heterocycles. The minimum Gasteiger partial charge on any atom is -0.467 e. The first-order chi connectivity index (χ1) is 7.98. The molecule has 0 bridgehead atoms. The van der Waals surface area contributed by atoms with Crippen LogP contribution in [0, 0.1) is 5.41 Å². The van der Waals surface area contributed by atoms with Crippen molar-refractivity contribution < 1.29 is 9.21 Å². The van der Waals surface area contributed by atoms with Crippen LogP contribution in [-0.4, -0.2) is 5.78 Å². The Morgan fingerprint density at radius 3 is 2.88 bits per heavy atom. The van der Waals surface area contributed by atoms with Crippen LogP contribution in [0.2, 0.25) is 0 Å². The fraction of sp³-hybridized carbons (Fsp3) is 0.462. The van der Waals surface area contributed by atoms with Crippen molar-refractivity contribution in [2.24, 2.45) is 5.41 Å². The second kappa shape index (κ2) is 4.84. The van der Waals surface area contributed by atoms with Gasteiger partial charge < -0.3 is 9.73 Å². The molecule has 0 atom stereocenters. The van der Waals surface area contributed by atoms with Gasteiger partial charge >= 0.3 is 0 Å². The zero-order chi connectivity index (χ0) is 12.5. The molecule has 1 N–H and O–H groups in total. The number of carbonyl (C=O) groups is 1. The molecule has 0 fully saturated rings. The smallest absolute Gasteiger partial charge is 0.171 e. The van der Waals surface area contributed by atoms with Crippen LogP contribution in [0.15, 0.2) is 32.1 Å². The maximum absolute atomic E-state index is 11.9. The van der Waals surface area contributed by atoms with Gasteiger partial charge in [0.05, 0.1) is 16.4 Å². The monoisotopic (exact) mass is 345 g/mol. The van der Waals surface area contributed by atoms with Crippen LogP contribution in [0.1, 0.15) is 32.4 Å². The van der Waals surface area contributed by atoms with E-state index in [2.05, 4.69) is 41.8 Å².